The third-order valence-electron chi connectivity index (χ3n) is 7.48. The summed E-state index contributed by atoms with van der Waals surface area (Å²) in [5, 5.41) is 0.800. The predicted molar refractivity (Wildman–Crippen MR) is 162 cm³/mol. The van der Waals surface area contributed by atoms with Gasteiger partial charge in [0.25, 0.3) is 0 Å². The zero-order valence-electron chi connectivity index (χ0n) is 24.0. The summed E-state index contributed by atoms with van der Waals surface area (Å²) in [4.78, 5) is 35.5. The summed E-state index contributed by atoms with van der Waals surface area (Å²) >= 11 is 0. The Morgan fingerprint density at radius 3 is 2.51 bits per heavy atom. The van der Waals surface area contributed by atoms with Crippen molar-refractivity contribution < 1.29 is 19.1 Å². The quantitative estimate of drug-likeness (QED) is 0.168. The van der Waals surface area contributed by atoms with Gasteiger partial charge in [-0.15, -0.1) is 0 Å². The fourth-order valence-electron chi connectivity index (χ4n) is 5.27. The van der Waals surface area contributed by atoms with E-state index in [1.54, 1.807) is 0 Å². The van der Waals surface area contributed by atoms with Crippen molar-refractivity contribution in [2.24, 2.45) is 0 Å². The number of benzene rings is 2. The second-order valence-corrected chi connectivity index (χ2v) is 10.9. The molecule has 1 aliphatic heterocycles. The number of nitrogens with one attached hydrogen (secondary N) is 1. The number of rotatable bonds is 11. The van der Waals surface area contributed by atoms with E-state index in [0.717, 1.165) is 64.3 Å². The van der Waals surface area contributed by atoms with E-state index < -0.39 is 5.97 Å². The number of nitrogens with zero attached hydrogens (tertiary/aromatic N) is 2. The number of esters is 1. The molecule has 2 aromatic heterocycles. The fraction of sp³-hybridized carbons (Fsp3) is 0.324. The van der Waals surface area contributed by atoms with Gasteiger partial charge in [0, 0.05) is 30.1 Å². The number of hydrogen-bond acceptors (Lipinski definition) is 6. The molecule has 0 radical (unpaired) electrons. The number of H-pyrrole nitrogens is 1. The van der Waals surface area contributed by atoms with Crippen LogP contribution in [0.2, 0.25) is 0 Å². The van der Waals surface area contributed by atoms with Crippen molar-refractivity contribution in [1.29, 1.82) is 0 Å². The topological polar surface area (TPSA) is 84.5 Å². The molecular formula is C34H37N3O4. The Bertz CT molecular complexity index is 1560. The first kappa shape index (κ1) is 28.3. The van der Waals surface area contributed by atoms with Gasteiger partial charge in [-0.25, -0.2) is 9.78 Å². The monoisotopic (exact) mass is 551 g/mol. The third kappa shape index (κ3) is 6.57. The molecule has 41 heavy (non-hydrogen) atoms. The maximum Gasteiger partial charge on any atom is 0.339 e. The minimum absolute atomic E-state index is 0.0369. The van der Waals surface area contributed by atoms with Crippen molar-refractivity contribution >= 4 is 22.8 Å². The van der Waals surface area contributed by atoms with Crippen LogP contribution in [-0.4, -0.2) is 59.0 Å². The fourth-order valence-corrected chi connectivity index (χ4v) is 5.27. The normalized spacial score (nSPS) is 13.6. The van der Waals surface area contributed by atoms with Crippen molar-refractivity contribution in [2.45, 2.75) is 46.1 Å². The largest absolute Gasteiger partial charge is 0.492 e. The SMILES string of the molecule is C=CC(=O)Cc1cc(-c2c(-c3ccc(OCCN4CCCC4)cc3)[nH]c3ncc(C(=O)OC(C)C)cc23)ccc1C. The highest BCUT2D eigenvalue weighted by molar-refractivity contribution is 6.05. The lowest BCUT2D eigenvalue weighted by atomic mass is 9.93. The zero-order valence-corrected chi connectivity index (χ0v) is 24.0. The molecule has 0 aliphatic carbocycles. The van der Waals surface area contributed by atoms with Gasteiger partial charge in [0.05, 0.1) is 17.4 Å². The number of carbonyl (C=O) groups is 2. The lowest BCUT2D eigenvalue weighted by molar-refractivity contribution is -0.114. The van der Waals surface area contributed by atoms with Crippen LogP contribution in [-0.2, 0) is 16.0 Å². The molecule has 1 N–H and O–H groups in total. The van der Waals surface area contributed by atoms with Gasteiger partial charge in [0.1, 0.15) is 18.0 Å². The van der Waals surface area contributed by atoms with Crippen LogP contribution in [0.4, 0.5) is 0 Å². The first-order valence-electron chi connectivity index (χ1n) is 14.3. The molecule has 7 heteroatoms. The van der Waals surface area contributed by atoms with Gasteiger partial charge in [0.15, 0.2) is 5.78 Å². The molecule has 4 aromatic rings. The van der Waals surface area contributed by atoms with E-state index in [1.807, 2.05) is 69.3 Å². The average Bonchev–Trinajstić information content (AvgIpc) is 3.62. The maximum atomic E-state index is 12.7. The number of carbonyl (C=O) groups excluding carboxylic acids is 2. The first-order chi connectivity index (χ1) is 19.8. The van der Waals surface area contributed by atoms with E-state index in [4.69, 9.17) is 9.47 Å². The van der Waals surface area contributed by atoms with E-state index in [1.165, 1.54) is 25.1 Å². The number of aromatic amines is 1. The van der Waals surface area contributed by atoms with Gasteiger partial charge in [-0.3, -0.25) is 9.69 Å². The van der Waals surface area contributed by atoms with Crippen LogP contribution in [0.5, 0.6) is 5.75 Å². The van der Waals surface area contributed by atoms with Crippen LogP contribution in [0.3, 0.4) is 0 Å². The van der Waals surface area contributed by atoms with Gasteiger partial charge >= 0.3 is 5.97 Å². The van der Waals surface area contributed by atoms with Crippen molar-refractivity contribution in [3.63, 3.8) is 0 Å². The summed E-state index contributed by atoms with van der Waals surface area (Å²) in [7, 11) is 0. The number of allylic oxidation sites excluding steroid dienone is 1. The second-order valence-electron chi connectivity index (χ2n) is 10.9. The van der Waals surface area contributed by atoms with E-state index >= 15 is 0 Å². The lowest BCUT2D eigenvalue weighted by Gasteiger charge is -2.15. The average molecular weight is 552 g/mol. The number of hydrogen-bond donors (Lipinski definition) is 1. The molecule has 0 amide bonds. The number of ether oxygens (including phenoxy) is 2. The number of fused-ring (bicyclic) bond motifs is 1. The standard InChI is InChI=1S/C34H37N3O4/c1-5-28(38)19-26-18-25(9-8-23(26)4)31-30-20-27(34(39)41-22(2)3)21-35-33(30)36-32(31)24-10-12-29(13-11-24)40-17-16-37-14-6-7-15-37/h5,8-13,18,20-22H,1,6-7,14-17,19H2,2-4H3,(H,35,36). The van der Waals surface area contributed by atoms with Crippen LogP contribution in [0, 0.1) is 6.92 Å². The summed E-state index contributed by atoms with van der Waals surface area (Å²) in [6.07, 6.45) is 5.46. The van der Waals surface area contributed by atoms with E-state index in [0.29, 0.717) is 17.8 Å². The Balaban J connectivity index is 1.53. The van der Waals surface area contributed by atoms with Crippen LogP contribution in [0.1, 0.15) is 48.2 Å². The molecule has 1 saturated heterocycles. The molecule has 1 aliphatic rings. The van der Waals surface area contributed by atoms with E-state index in [-0.39, 0.29) is 18.3 Å². The molecule has 3 heterocycles. The molecule has 0 saturated carbocycles. The Hall–Kier alpha value is -4.23. The Kier molecular flexibility index (Phi) is 8.64. The van der Waals surface area contributed by atoms with Gasteiger partial charge < -0.3 is 14.5 Å². The van der Waals surface area contributed by atoms with Crippen molar-refractivity contribution in [1.82, 2.24) is 14.9 Å². The minimum Gasteiger partial charge on any atom is -0.492 e. The van der Waals surface area contributed by atoms with Crippen molar-refractivity contribution in [3.05, 3.63) is 84.1 Å². The first-order valence-corrected chi connectivity index (χ1v) is 14.3. The number of likely N-dealkylation sites (tertiary alicyclic amines) is 1. The van der Waals surface area contributed by atoms with E-state index in [2.05, 4.69) is 21.4 Å². The molecule has 2 aromatic carbocycles. The lowest BCUT2D eigenvalue weighted by Crippen LogP contribution is -2.25. The molecule has 1 fully saturated rings. The van der Waals surface area contributed by atoms with Crippen molar-refractivity contribution in [2.75, 3.05) is 26.2 Å². The summed E-state index contributed by atoms with van der Waals surface area (Å²) < 4.78 is 11.5. The summed E-state index contributed by atoms with van der Waals surface area (Å²) in [5.41, 5.74) is 6.65. The molecule has 5 rings (SSSR count). The predicted octanol–water partition coefficient (Wildman–Crippen LogP) is 6.54. The number of aryl methyl sites for hydroxylation is 1. The zero-order chi connectivity index (χ0) is 28.9. The van der Waals surface area contributed by atoms with Crippen LogP contribution < -0.4 is 4.74 Å². The summed E-state index contributed by atoms with van der Waals surface area (Å²) in [6.45, 7) is 13.2. The molecule has 0 atom stereocenters. The third-order valence-corrected chi connectivity index (χ3v) is 7.48. The second kappa shape index (κ2) is 12.5. The highest BCUT2D eigenvalue weighted by atomic mass is 16.5. The number of pyridine rings is 1. The molecule has 0 spiro atoms. The Morgan fingerprint density at radius 2 is 1.80 bits per heavy atom. The molecule has 7 nitrogen and oxygen atoms in total. The van der Waals surface area contributed by atoms with Crippen molar-refractivity contribution in [3.8, 4) is 28.1 Å². The summed E-state index contributed by atoms with van der Waals surface area (Å²) in [5.74, 6) is 0.368. The Morgan fingerprint density at radius 1 is 1.07 bits per heavy atom. The van der Waals surface area contributed by atoms with Crippen LogP contribution in [0.15, 0.2) is 67.4 Å². The van der Waals surface area contributed by atoms with Gasteiger partial charge in [-0.05, 0) is 105 Å². The smallest absolute Gasteiger partial charge is 0.339 e. The Labute approximate surface area is 241 Å². The van der Waals surface area contributed by atoms with Crippen LogP contribution >= 0.6 is 0 Å². The van der Waals surface area contributed by atoms with Gasteiger partial charge in [-0.1, -0.05) is 24.8 Å². The van der Waals surface area contributed by atoms with Gasteiger partial charge in [-0.2, -0.15) is 0 Å². The molecular weight excluding hydrogens is 514 g/mol. The minimum atomic E-state index is -0.417. The highest BCUT2D eigenvalue weighted by Crippen LogP contribution is 2.39. The molecule has 0 bridgehead atoms. The maximum absolute atomic E-state index is 12.7. The number of aromatic nitrogens is 2. The highest BCUT2D eigenvalue weighted by Gasteiger charge is 2.20. The van der Waals surface area contributed by atoms with Gasteiger partial charge in [0.2, 0.25) is 0 Å². The summed E-state index contributed by atoms with van der Waals surface area (Å²) in [6, 6.07) is 16.0. The molecule has 0 unspecified atom stereocenters. The van der Waals surface area contributed by atoms with E-state index in [9.17, 15) is 9.59 Å². The number of ketones is 1. The molecule has 212 valence electrons. The van der Waals surface area contributed by atoms with Crippen LogP contribution in [0.25, 0.3) is 33.4 Å².